The number of ether oxygens (including phenoxy) is 2. The molecule has 0 radical (unpaired) electrons. The van der Waals surface area contributed by atoms with Gasteiger partial charge in [0.15, 0.2) is 5.76 Å². The Morgan fingerprint density at radius 2 is 2.11 bits per heavy atom. The van der Waals surface area contributed by atoms with Gasteiger partial charge in [-0.2, -0.15) is 0 Å². The number of rotatable bonds is 7. The smallest absolute Gasteiger partial charge is 0.170 e. The zero-order valence-corrected chi connectivity index (χ0v) is 11.0. The van der Waals surface area contributed by atoms with Gasteiger partial charge in [-0.1, -0.05) is 17.3 Å². The zero-order valence-electron chi connectivity index (χ0n) is 11.0. The Hall–Kier alpha value is -1.85. The van der Waals surface area contributed by atoms with E-state index in [1.165, 1.54) is 0 Å². The van der Waals surface area contributed by atoms with Crippen molar-refractivity contribution in [1.29, 1.82) is 0 Å². The summed E-state index contributed by atoms with van der Waals surface area (Å²) < 4.78 is 16.2. The Morgan fingerprint density at radius 3 is 2.84 bits per heavy atom. The van der Waals surface area contributed by atoms with Gasteiger partial charge < -0.3 is 19.7 Å². The van der Waals surface area contributed by atoms with Crippen molar-refractivity contribution in [3.05, 3.63) is 36.0 Å². The van der Waals surface area contributed by atoms with Gasteiger partial charge in [0, 0.05) is 19.2 Å². The SMILES string of the molecule is CCOCCOc1ccccc1-c1cc(CN)no1. The molecule has 102 valence electrons. The molecule has 0 fully saturated rings. The summed E-state index contributed by atoms with van der Waals surface area (Å²) in [6.45, 7) is 4.07. The number of benzene rings is 1. The minimum atomic E-state index is 0.358. The predicted octanol–water partition coefficient (Wildman–Crippen LogP) is 2.22. The minimum Gasteiger partial charge on any atom is -0.490 e. The van der Waals surface area contributed by atoms with E-state index in [1.807, 2.05) is 37.3 Å². The van der Waals surface area contributed by atoms with Crippen molar-refractivity contribution in [2.24, 2.45) is 5.73 Å². The van der Waals surface area contributed by atoms with E-state index in [9.17, 15) is 0 Å². The zero-order chi connectivity index (χ0) is 13.5. The van der Waals surface area contributed by atoms with E-state index in [1.54, 1.807) is 0 Å². The van der Waals surface area contributed by atoms with Gasteiger partial charge in [0.05, 0.1) is 17.9 Å². The lowest BCUT2D eigenvalue weighted by Gasteiger charge is -2.09. The Morgan fingerprint density at radius 1 is 1.26 bits per heavy atom. The predicted molar refractivity (Wildman–Crippen MR) is 71.8 cm³/mol. The van der Waals surface area contributed by atoms with E-state index >= 15 is 0 Å². The van der Waals surface area contributed by atoms with E-state index in [4.69, 9.17) is 19.7 Å². The summed E-state index contributed by atoms with van der Waals surface area (Å²) in [4.78, 5) is 0. The van der Waals surface area contributed by atoms with Crippen LogP contribution < -0.4 is 10.5 Å². The van der Waals surface area contributed by atoms with Crippen LogP contribution in [0.2, 0.25) is 0 Å². The molecule has 0 amide bonds. The van der Waals surface area contributed by atoms with Gasteiger partial charge >= 0.3 is 0 Å². The molecule has 2 N–H and O–H groups in total. The number of nitrogens with two attached hydrogens (primary N) is 1. The Kier molecular flexibility index (Phi) is 4.94. The molecular formula is C14H18N2O3. The van der Waals surface area contributed by atoms with Gasteiger partial charge in [-0.15, -0.1) is 0 Å². The van der Waals surface area contributed by atoms with Crippen LogP contribution in [0.4, 0.5) is 0 Å². The quantitative estimate of drug-likeness (QED) is 0.775. The third kappa shape index (κ3) is 3.56. The maximum Gasteiger partial charge on any atom is 0.170 e. The first-order valence-electron chi connectivity index (χ1n) is 6.30. The summed E-state index contributed by atoms with van der Waals surface area (Å²) in [6, 6.07) is 9.49. The van der Waals surface area contributed by atoms with Crippen LogP contribution in [-0.4, -0.2) is 25.0 Å². The van der Waals surface area contributed by atoms with Crippen molar-refractivity contribution in [2.45, 2.75) is 13.5 Å². The van der Waals surface area contributed by atoms with Crippen LogP contribution in [0.3, 0.4) is 0 Å². The van der Waals surface area contributed by atoms with Gasteiger partial charge in [-0.3, -0.25) is 0 Å². The van der Waals surface area contributed by atoms with Crippen LogP contribution in [-0.2, 0) is 11.3 Å². The third-order valence-electron chi connectivity index (χ3n) is 2.61. The molecule has 0 aliphatic rings. The summed E-state index contributed by atoms with van der Waals surface area (Å²) in [5.41, 5.74) is 7.11. The molecule has 0 atom stereocenters. The van der Waals surface area contributed by atoms with E-state index < -0.39 is 0 Å². The normalized spacial score (nSPS) is 10.6. The fraction of sp³-hybridized carbons (Fsp3) is 0.357. The molecule has 0 saturated carbocycles. The molecule has 0 saturated heterocycles. The molecule has 2 aromatic rings. The van der Waals surface area contributed by atoms with Crippen LogP contribution in [0.15, 0.2) is 34.9 Å². The molecule has 0 unspecified atom stereocenters. The molecule has 0 bridgehead atoms. The number of nitrogens with zero attached hydrogens (tertiary/aromatic N) is 1. The van der Waals surface area contributed by atoms with E-state index in [2.05, 4.69) is 5.16 Å². The second kappa shape index (κ2) is 6.92. The summed E-state index contributed by atoms with van der Waals surface area (Å²) in [6.07, 6.45) is 0. The first-order valence-corrected chi connectivity index (χ1v) is 6.30. The second-order valence-corrected chi connectivity index (χ2v) is 3.93. The lowest BCUT2D eigenvalue weighted by molar-refractivity contribution is 0.110. The lowest BCUT2D eigenvalue weighted by atomic mass is 10.1. The van der Waals surface area contributed by atoms with Crippen LogP contribution >= 0.6 is 0 Å². The van der Waals surface area contributed by atoms with E-state index in [0.717, 1.165) is 17.0 Å². The first-order chi connectivity index (χ1) is 9.35. The molecule has 1 aromatic heterocycles. The van der Waals surface area contributed by atoms with E-state index in [0.29, 0.717) is 32.1 Å². The highest BCUT2D eigenvalue weighted by Gasteiger charge is 2.11. The highest BCUT2D eigenvalue weighted by Crippen LogP contribution is 2.30. The van der Waals surface area contributed by atoms with E-state index in [-0.39, 0.29) is 0 Å². The van der Waals surface area contributed by atoms with Crippen molar-refractivity contribution in [1.82, 2.24) is 5.16 Å². The largest absolute Gasteiger partial charge is 0.490 e. The summed E-state index contributed by atoms with van der Waals surface area (Å²) >= 11 is 0. The van der Waals surface area contributed by atoms with Crippen LogP contribution in [0.25, 0.3) is 11.3 Å². The summed E-state index contributed by atoms with van der Waals surface area (Å²) in [5.74, 6) is 1.41. The topological polar surface area (TPSA) is 70.5 Å². The number of hydrogen-bond acceptors (Lipinski definition) is 5. The van der Waals surface area contributed by atoms with Crippen molar-refractivity contribution in [3.63, 3.8) is 0 Å². The fourth-order valence-electron chi connectivity index (χ4n) is 1.69. The standard InChI is InChI=1S/C14H18N2O3/c1-2-17-7-8-18-13-6-4-3-5-12(13)14-9-11(10-15)16-19-14/h3-6,9H,2,7-8,10,15H2,1H3. The van der Waals surface area contributed by atoms with Crippen molar-refractivity contribution in [3.8, 4) is 17.1 Å². The average Bonchev–Trinajstić information content (AvgIpc) is 2.93. The van der Waals surface area contributed by atoms with Gasteiger partial charge in [0.25, 0.3) is 0 Å². The Bertz CT molecular complexity index is 511. The number of para-hydroxylation sites is 1. The molecule has 2 rings (SSSR count). The molecule has 0 aliphatic carbocycles. The second-order valence-electron chi connectivity index (χ2n) is 3.93. The monoisotopic (exact) mass is 262 g/mol. The Labute approximate surface area is 112 Å². The van der Waals surface area contributed by atoms with Gasteiger partial charge in [-0.05, 0) is 19.1 Å². The maximum absolute atomic E-state index is 5.69. The highest BCUT2D eigenvalue weighted by atomic mass is 16.5. The highest BCUT2D eigenvalue weighted by molar-refractivity contribution is 5.65. The van der Waals surface area contributed by atoms with Crippen molar-refractivity contribution >= 4 is 0 Å². The van der Waals surface area contributed by atoms with Gasteiger partial charge in [0.2, 0.25) is 0 Å². The van der Waals surface area contributed by atoms with Crippen LogP contribution in [0.1, 0.15) is 12.6 Å². The maximum atomic E-state index is 5.69. The third-order valence-corrected chi connectivity index (χ3v) is 2.61. The molecule has 1 heterocycles. The van der Waals surface area contributed by atoms with Gasteiger partial charge in [0.1, 0.15) is 12.4 Å². The molecule has 5 heteroatoms. The molecule has 0 spiro atoms. The van der Waals surface area contributed by atoms with Crippen molar-refractivity contribution < 1.29 is 14.0 Å². The molecule has 5 nitrogen and oxygen atoms in total. The number of aromatic nitrogens is 1. The molecule has 19 heavy (non-hydrogen) atoms. The summed E-state index contributed by atoms with van der Waals surface area (Å²) in [7, 11) is 0. The van der Waals surface area contributed by atoms with Crippen LogP contribution in [0, 0.1) is 0 Å². The molecule has 0 aliphatic heterocycles. The fourth-order valence-corrected chi connectivity index (χ4v) is 1.69. The average molecular weight is 262 g/mol. The molecular weight excluding hydrogens is 244 g/mol. The number of hydrogen-bond donors (Lipinski definition) is 1. The molecule has 1 aromatic carbocycles. The minimum absolute atomic E-state index is 0.358. The van der Waals surface area contributed by atoms with Crippen LogP contribution in [0.5, 0.6) is 5.75 Å². The summed E-state index contributed by atoms with van der Waals surface area (Å²) in [5, 5.41) is 3.88. The van der Waals surface area contributed by atoms with Crippen molar-refractivity contribution in [2.75, 3.05) is 19.8 Å². The first kappa shape index (κ1) is 13.6. The van der Waals surface area contributed by atoms with Gasteiger partial charge in [-0.25, -0.2) is 0 Å². The Balaban J connectivity index is 2.11. The lowest BCUT2D eigenvalue weighted by Crippen LogP contribution is -2.06.